The molecule has 0 aliphatic heterocycles. The van der Waals surface area contributed by atoms with Crippen molar-refractivity contribution in [3.63, 3.8) is 0 Å². The number of ether oxygens (including phenoxy) is 1. The summed E-state index contributed by atoms with van der Waals surface area (Å²) in [5.41, 5.74) is 0.466. The normalized spacial score (nSPS) is 10.4. The van der Waals surface area contributed by atoms with E-state index < -0.39 is 0 Å². The number of urea groups is 1. The van der Waals surface area contributed by atoms with Crippen LogP contribution in [0.2, 0.25) is 5.02 Å². The molecule has 7 nitrogen and oxygen atoms in total. The lowest BCUT2D eigenvalue weighted by molar-refractivity contribution is 0.183. The zero-order valence-electron chi connectivity index (χ0n) is 13.0. The van der Waals surface area contributed by atoms with E-state index in [4.69, 9.17) is 16.3 Å². The average Bonchev–Trinajstić information content (AvgIpc) is 2.92. The first kappa shape index (κ1) is 17.1. The first-order valence-corrected chi connectivity index (χ1v) is 7.39. The molecule has 0 saturated heterocycles. The number of imidazole rings is 1. The van der Waals surface area contributed by atoms with Gasteiger partial charge in [-0.15, -0.1) is 0 Å². The number of amides is 2. The molecule has 0 bridgehead atoms. The van der Waals surface area contributed by atoms with E-state index >= 15 is 0 Å². The smallest absolute Gasteiger partial charge is 0.322 e. The highest BCUT2D eigenvalue weighted by molar-refractivity contribution is 6.31. The van der Waals surface area contributed by atoms with Crippen LogP contribution in [-0.4, -0.2) is 45.9 Å². The van der Waals surface area contributed by atoms with E-state index in [-0.39, 0.29) is 25.7 Å². The van der Waals surface area contributed by atoms with Crippen molar-refractivity contribution in [3.8, 4) is 5.75 Å². The third kappa shape index (κ3) is 4.37. The van der Waals surface area contributed by atoms with E-state index in [2.05, 4.69) is 10.3 Å². The highest BCUT2D eigenvalue weighted by Gasteiger charge is 2.17. The van der Waals surface area contributed by atoms with Gasteiger partial charge in [-0.3, -0.25) is 0 Å². The van der Waals surface area contributed by atoms with Crippen LogP contribution in [0, 0.1) is 0 Å². The molecule has 0 atom stereocenters. The Hall–Kier alpha value is -2.25. The van der Waals surface area contributed by atoms with Gasteiger partial charge >= 0.3 is 6.03 Å². The number of anilines is 1. The predicted octanol–water partition coefficient (Wildman–Crippen LogP) is 2.11. The maximum Gasteiger partial charge on any atom is 0.322 e. The van der Waals surface area contributed by atoms with Crippen LogP contribution >= 0.6 is 11.6 Å². The topological polar surface area (TPSA) is 79.6 Å². The van der Waals surface area contributed by atoms with Gasteiger partial charge in [0, 0.05) is 31.0 Å². The van der Waals surface area contributed by atoms with E-state index in [0.717, 1.165) is 0 Å². The number of nitrogens with zero attached hydrogens (tertiary/aromatic N) is 3. The molecule has 2 aromatic rings. The number of halogens is 1. The second-order valence-corrected chi connectivity index (χ2v) is 5.31. The minimum Gasteiger partial charge on any atom is -0.495 e. The van der Waals surface area contributed by atoms with Crippen LogP contribution in [0.15, 0.2) is 30.6 Å². The van der Waals surface area contributed by atoms with Crippen LogP contribution in [0.5, 0.6) is 5.75 Å². The molecule has 0 fully saturated rings. The fourth-order valence-corrected chi connectivity index (χ4v) is 2.24. The summed E-state index contributed by atoms with van der Waals surface area (Å²) in [6.07, 6.45) is 3.45. The van der Waals surface area contributed by atoms with Crippen LogP contribution < -0.4 is 10.1 Å². The number of hydrogen-bond acceptors (Lipinski definition) is 4. The predicted molar refractivity (Wildman–Crippen MR) is 87.7 cm³/mol. The van der Waals surface area contributed by atoms with Gasteiger partial charge in [0.05, 0.1) is 25.9 Å². The molecule has 124 valence electrons. The van der Waals surface area contributed by atoms with Crippen LogP contribution in [0.4, 0.5) is 10.5 Å². The Morgan fingerprint density at radius 3 is 2.91 bits per heavy atom. The molecule has 1 heterocycles. The van der Waals surface area contributed by atoms with Crippen LogP contribution in [0.1, 0.15) is 5.82 Å². The van der Waals surface area contributed by atoms with Gasteiger partial charge in [-0.25, -0.2) is 9.78 Å². The molecule has 0 aliphatic carbocycles. The molecule has 0 saturated carbocycles. The molecule has 0 radical (unpaired) electrons. The second kappa shape index (κ2) is 7.85. The number of hydrogen-bond donors (Lipinski definition) is 2. The van der Waals surface area contributed by atoms with E-state index in [1.807, 2.05) is 11.6 Å². The molecule has 2 amide bonds. The quantitative estimate of drug-likeness (QED) is 0.845. The van der Waals surface area contributed by atoms with Crippen molar-refractivity contribution >= 4 is 23.3 Å². The lowest BCUT2D eigenvalue weighted by atomic mass is 10.3. The number of nitrogens with one attached hydrogen (secondary N) is 1. The van der Waals surface area contributed by atoms with Crippen molar-refractivity contribution in [2.24, 2.45) is 7.05 Å². The van der Waals surface area contributed by atoms with Crippen LogP contribution in [0.25, 0.3) is 0 Å². The maximum absolute atomic E-state index is 12.5. The Morgan fingerprint density at radius 1 is 1.52 bits per heavy atom. The van der Waals surface area contributed by atoms with Crippen molar-refractivity contribution in [2.45, 2.75) is 6.54 Å². The molecule has 2 N–H and O–H groups in total. The Morgan fingerprint density at radius 2 is 2.30 bits per heavy atom. The molecule has 0 aliphatic rings. The number of aliphatic hydroxyl groups excluding tert-OH is 1. The van der Waals surface area contributed by atoms with E-state index in [1.165, 1.54) is 12.0 Å². The number of aryl methyl sites for hydroxylation is 1. The summed E-state index contributed by atoms with van der Waals surface area (Å²) < 4.78 is 7.03. The van der Waals surface area contributed by atoms with Gasteiger partial charge < -0.3 is 24.6 Å². The number of benzene rings is 1. The number of aliphatic hydroxyl groups is 1. The van der Waals surface area contributed by atoms with Crippen molar-refractivity contribution in [2.75, 3.05) is 25.6 Å². The zero-order chi connectivity index (χ0) is 16.8. The second-order valence-electron chi connectivity index (χ2n) is 4.87. The molecule has 2 rings (SSSR count). The fraction of sp³-hybridized carbons (Fsp3) is 0.333. The molecule has 0 unspecified atom stereocenters. The zero-order valence-corrected chi connectivity index (χ0v) is 13.7. The number of carbonyl (C=O) groups excluding carboxylic acids is 1. The fourth-order valence-electron chi connectivity index (χ4n) is 2.06. The van der Waals surface area contributed by atoms with E-state index in [9.17, 15) is 9.90 Å². The van der Waals surface area contributed by atoms with Gasteiger partial charge in [0.25, 0.3) is 0 Å². The van der Waals surface area contributed by atoms with E-state index in [0.29, 0.717) is 22.3 Å². The Kier molecular flexibility index (Phi) is 5.84. The first-order valence-electron chi connectivity index (χ1n) is 7.01. The molecule has 8 heteroatoms. The van der Waals surface area contributed by atoms with Gasteiger partial charge in [-0.05, 0) is 18.2 Å². The highest BCUT2D eigenvalue weighted by atomic mass is 35.5. The molecule has 0 spiro atoms. The Labute approximate surface area is 139 Å². The largest absolute Gasteiger partial charge is 0.495 e. The summed E-state index contributed by atoms with van der Waals surface area (Å²) >= 11 is 5.96. The van der Waals surface area contributed by atoms with Crippen LogP contribution in [-0.2, 0) is 13.6 Å². The van der Waals surface area contributed by atoms with Gasteiger partial charge in [-0.2, -0.15) is 0 Å². The molecular weight excluding hydrogens is 320 g/mol. The summed E-state index contributed by atoms with van der Waals surface area (Å²) in [5.74, 6) is 1.22. The highest BCUT2D eigenvalue weighted by Crippen LogP contribution is 2.28. The number of methoxy groups -OCH3 is 1. The summed E-state index contributed by atoms with van der Waals surface area (Å²) in [6.45, 7) is 0.310. The summed E-state index contributed by atoms with van der Waals surface area (Å²) in [7, 11) is 3.36. The molecule has 23 heavy (non-hydrogen) atoms. The summed E-state index contributed by atoms with van der Waals surface area (Å²) in [5, 5.41) is 12.4. The minimum atomic E-state index is -0.373. The monoisotopic (exact) mass is 338 g/mol. The molecule has 1 aromatic carbocycles. The van der Waals surface area contributed by atoms with E-state index in [1.54, 1.807) is 30.6 Å². The third-order valence-electron chi connectivity index (χ3n) is 3.31. The van der Waals surface area contributed by atoms with Gasteiger partial charge in [0.15, 0.2) is 0 Å². The number of carbonyl (C=O) groups is 1. The van der Waals surface area contributed by atoms with Gasteiger partial charge in [-0.1, -0.05) is 11.6 Å². The van der Waals surface area contributed by atoms with Gasteiger partial charge in [0.1, 0.15) is 11.6 Å². The number of rotatable bonds is 6. The Bertz CT molecular complexity index is 674. The van der Waals surface area contributed by atoms with Crippen molar-refractivity contribution < 1.29 is 14.6 Å². The third-order valence-corrected chi connectivity index (χ3v) is 3.55. The van der Waals surface area contributed by atoms with Crippen LogP contribution in [0.3, 0.4) is 0 Å². The average molecular weight is 339 g/mol. The van der Waals surface area contributed by atoms with Crippen molar-refractivity contribution in [3.05, 3.63) is 41.4 Å². The maximum atomic E-state index is 12.5. The minimum absolute atomic E-state index is 0.148. The number of aromatic nitrogens is 2. The molecule has 1 aromatic heterocycles. The van der Waals surface area contributed by atoms with Gasteiger partial charge in [0.2, 0.25) is 0 Å². The Balaban J connectivity index is 2.15. The lowest BCUT2D eigenvalue weighted by Gasteiger charge is -2.22. The van der Waals surface area contributed by atoms with Crippen molar-refractivity contribution in [1.29, 1.82) is 0 Å². The SMILES string of the molecule is COc1ccc(Cl)cc1NC(=O)N(CCO)Cc1nccn1C. The summed E-state index contributed by atoms with van der Waals surface area (Å²) in [6, 6.07) is 4.58. The molecular formula is C15H19ClN4O3. The first-order chi connectivity index (χ1) is 11.0. The standard InChI is InChI=1S/C15H19ClN4O3/c1-19-6-5-17-14(19)10-20(7-8-21)15(22)18-12-9-11(16)3-4-13(12)23-2/h3-6,9,21H,7-8,10H2,1-2H3,(H,18,22). The summed E-state index contributed by atoms with van der Waals surface area (Å²) in [4.78, 5) is 18.1. The lowest BCUT2D eigenvalue weighted by Crippen LogP contribution is -2.37. The van der Waals surface area contributed by atoms with Crippen molar-refractivity contribution in [1.82, 2.24) is 14.5 Å².